The summed E-state index contributed by atoms with van der Waals surface area (Å²) in [6, 6.07) is 3.62. The first kappa shape index (κ1) is 31.2. The van der Waals surface area contributed by atoms with Crippen LogP contribution in [-0.2, 0) is 16.1 Å². The van der Waals surface area contributed by atoms with Crippen molar-refractivity contribution in [3.63, 3.8) is 0 Å². The number of likely N-dealkylation sites (tertiary alicyclic amines) is 1. The first-order valence-corrected chi connectivity index (χ1v) is 14.5. The molecule has 3 heterocycles. The number of esters is 1. The molecule has 2 saturated heterocycles. The maximum absolute atomic E-state index is 13.4. The van der Waals surface area contributed by atoms with Crippen molar-refractivity contribution >= 4 is 39.3 Å². The first-order chi connectivity index (χ1) is 19.3. The largest absolute Gasteiger partial charge is 0.460 e. The van der Waals surface area contributed by atoms with Crippen molar-refractivity contribution in [1.82, 2.24) is 19.8 Å². The Hall–Kier alpha value is -2.77. The molecule has 13 heteroatoms. The summed E-state index contributed by atoms with van der Waals surface area (Å²) < 4.78 is 46.2. The molecule has 9 nitrogen and oxygen atoms in total. The van der Waals surface area contributed by atoms with Gasteiger partial charge >= 0.3 is 12.1 Å². The molecule has 4 rings (SSSR count). The Kier molecular flexibility index (Phi) is 9.91. The van der Waals surface area contributed by atoms with E-state index >= 15 is 0 Å². The van der Waals surface area contributed by atoms with E-state index in [0.717, 1.165) is 13.1 Å². The van der Waals surface area contributed by atoms with Crippen LogP contribution >= 0.6 is 15.9 Å². The Morgan fingerprint density at radius 3 is 2.44 bits per heavy atom. The molecule has 1 aromatic carbocycles. The summed E-state index contributed by atoms with van der Waals surface area (Å²) in [5.41, 5.74) is 0.761. The van der Waals surface area contributed by atoms with E-state index in [1.807, 2.05) is 20.8 Å². The number of nitrogens with one attached hydrogen (secondary N) is 1. The molecular formula is C28H36BrF3N6O3. The van der Waals surface area contributed by atoms with Crippen molar-refractivity contribution in [2.45, 2.75) is 64.4 Å². The monoisotopic (exact) mass is 640 g/mol. The Labute approximate surface area is 246 Å². The van der Waals surface area contributed by atoms with Gasteiger partial charge < -0.3 is 15.0 Å². The van der Waals surface area contributed by atoms with Crippen molar-refractivity contribution in [3.8, 4) is 0 Å². The third-order valence-corrected chi connectivity index (χ3v) is 7.81. The van der Waals surface area contributed by atoms with Crippen molar-refractivity contribution in [2.24, 2.45) is 0 Å². The van der Waals surface area contributed by atoms with Gasteiger partial charge in [-0.05, 0) is 63.9 Å². The second-order valence-corrected chi connectivity index (χ2v) is 12.2. The van der Waals surface area contributed by atoms with E-state index in [1.165, 1.54) is 11.1 Å². The van der Waals surface area contributed by atoms with Crippen LogP contribution in [0.3, 0.4) is 0 Å². The summed E-state index contributed by atoms with van der Waals surface area (Å²) in [7, 11) is 0. The molecule has 1 amide bonds. The Balaban J connectivity index is 1.29. The van der Waals surface area contributed by atoms with Crippen LogP contribution in [0.1, 0.15) is 56.1 Å². The summed E-state index contributed by atoms with van der Waals surface area (Å²) >= 11 is 3.42. The lowest BCUT2D eigenvalue weighted by molar-refractivity contribution is -0.177. The summed E-state index contributed by atoms with van der Waals surface area (Å²) in [6.45, 7) is 9.63. The average Bonchev–Trinajstić information content (AvgIpc) is 3.38. The van der Waals surface area contributed by atoms with Crippen molar-refractivity contribution in [2.75, 3.05) is 49.5 Å². The summed E-state index contributed by atoms with van der Waals surface area (Å²) in [5, 5.41) is 2.77. The molecule has 224 valence electrons. The first-order valence-electron chi connectivity index (χ1n) is 13.7. The lowest BCUT2D eigenvalue weighted by atomic mass is 10.1. The van der Waals surface area contributed by atoms with Crippen LogP contribution in [0.4, 0.5) is 24.7 Å². The van der Waals surface area contributed by atoms with Gasteiger partial charge in [0, 0.05) is 49.4 Å². The van der Waals surface area contributed by atoms with Crippen LogP contribution in [0, 0.1) is 0 Å². The Morgan fingerprint density at radius 2 is 1.80 bits per heavy atom. The van der Waals surface area contributed by atoms with Gasteiger partial charge in [0.1, 0.15) is 23.2 Å². The van der Waals surface area contributed by atoms with Gasteiger partial charge in [-0.25, -0.2) is 9.97 Å². The SMILES string of the molecule is CC(C)(C)OC(=O)CCN1CCN(c2cnc(C(=O)Nc3ccc(Br)c(CN4CCC[C@H]4C(F)(F)F)c3)cn2)CC1. The molecule has 2 aliphatic heterocycles. The number of hydrogen-bond acceptors (Lipinski definition) is 8. The standard InChI is InChI=1S/C28H36BrF3N6O3/c1-27(2,3)41-25(39)8-10-36-11-13-37(14-12-36)24-17-33-22(16-34-24)26(40)35-20-6-7-21(29)19(15-20)18-38-9-4-5-23(38)28(30,31)32/h6-7,15-17,23H,4-5,8-14,18H2,1-3H3,(H,35,40)/t23-/m0/s1. The summed E-state index contributed by atoms with van der Waals surface area (Å²) in [6.07, 6.45) is -0.366. The van der Waals surface area contributed by atoms with E-state index in [2.05, 4.69) is 41.0 Å². The molecule has 2 fully saturated rings. The minimum absolute atomic E-state index is 0.0932. The molecule has 0 saturated carbocycles. The van der Waals surface area contributed by atoms with Crippen LogP contribution in [0.5, 0.6) is 0 Å². The number of nitrogens with zero attached hydrogens (tertiary/aromatic N) is 5. The van der Waals surface area contributed by atoms with Crippen molar-refractivity contribution in [3.05, 3.63) is 46.3 Å². The van der Waals surface area contributed by atoms with Gasteiger partial charge in [0.2, 0.25) is 0 Å². The van der Waals surface area contributed by atoms with Gasteiger partial charge in [-0.3, -0.25) is 19.4 Å². The quantitative estimate of drug-likeness (QED) is 0.409. The second-order valence-electron chi connectivity index (χ2n) is 11.4. The molecule has 0 radical (unpaired) electrons. The van der Waals surface area contributed by atoms with Gasteiger partial charge in [0.25, 0.3) is 5.91 Å². The average molecular weight is 642 g/mol. The predicted molar refractivity (Wildman–Crippen MR) is 153 cm³/mol. The van der Waals surface area contributed by atoms with E-state index in [4.69, 9.17) is 4.74 Å². The zero-order valence-electron chi connectivity index (χ0n) is 23.5. The number of halogens is 4. The summed E-state index contributed by atoms with van der Waals surface area (Å²) in [4.78, 5) is 39.2. The molecule has 0 unspecified atom stereocenters. The molecule has 1 aromatic heterocycles. The molecule has 0 bridgehead atoms. The van der Waals surface area contributed by atoms with E-state index < -0.39 is 23.7 Å². The fourth-order valence-electron chi connectivity index (χ4n) is 5.02. The number of ether oxygens (including phenoxy) is 1. The van der Waals surface area contributed by atoms with Crippen molar-refractivity contribution in [1.29, 1.82) is 0 Å². The predicted octanol–water partition coefficient (Wildman–Crippen LogP) is 4.87. The van der Waals surface area contributed by atoms with Crippen LogP contribution in [-0.4, -0.2) is 88.7 Å². The molecule has 0 aliphatic carbocycles. The zero-order chi connectivity index (χ0) is 29.8. The highest BCUT2D eigenvalue weighted by atomic mass is 79.9. The highest BCUT2D eigenvalue weighted by molar-refractivity contribution is 9.10. The Morgan fingerprint density at radius 1 is 1.07 bits per heavy atom. The molecule has 1 N–H and O–H groups in total. The van der Waals surface area contributed by atoms with E-state index in [-0.39, 0.29) is 24.6 Å². The molecule has 2 aliphatic rings. The smallest absolute Gasteiger partial charge is 0.404 e. The molecule has 2 aromatic rings. The topological polar surface area (TPSA) is 90.9 Å². The van der Waals surface area contributed by atoms with Gasteiger partial charge in [0.15, 0.2) is 0 Å². The normalized spacial score (nSPS) is 18.9. The summed E-state index contributed by atoms with van der Waals surface area (Å²) in [5.74, 6) is -0.0107. The zero-order valence-corrected chi connectivity index (χ0v) is 25.1. The number of amides is 1. The second kappa shape index (κ2) is 13.0. The number of anilines is 2. The fourth-order valence-corrected chi connectivity index (χ4v) is 5.39. The van der Waals surface area contributed by atoms with E-state index in [0.29, 0.717) is 60.6 Å². The minimum atomic E-state index is -4.27. The fraction of sp³-hybridized carbons (Fsp3) is 0.571. The highest BCUT2D eigenvalue weighted by Gasteiger charge is 2.45. The molecule has 0 spiro atoms. The van der Waals surface area contributed by atoms with Crippen LogP contribution in [0.25, 0.3) is 0 Å². The number of carbonyl (C=O) groups is 2. The van der Waals surface area contributed by atoms with E-state index in [9.17, 15) is 22.8 Å². The number of hydrogen-bond donors (Lipinski definition) is 1. The third-order valence-electron chi connectivity index (χ3n) is 7.04. The number of carbonyl (C=O) groups excluding carboxylic acids is 2. The number of aromatic nitrogens is 2. The minimum Gasteiger partial charge on any atom is -0.460 e. The number of piperazine rings is 1. The Bertz CT molecular complexity index is 1210. The molecular weight excluding hydrogens is 605 g/mol. The van der Waals surface area contributed by atoms with Crippen LogP contribution < -0.4 is 10.2 Å². The van der Waals surface area contributed by atoms with Gasteiger partial charge in [-0.15, -0.1) is 0 Å². The van der Waals surface area contributed by atoms with Crippen LogP contribution in [0.2, 0.25) is 0 Å². The number of rotatable bonds is 8. The van der Waals surface area contributed by atoms with Gasteiger partial charge in [-0.1, -0.05) is 15.9 Å². The van der Waals surface area contributed by atoms with Gasteiger partial charge in [-0.2, -0.15) is 13.2 Å². The maximum Gasteiger partial charge on any atom is 0.404 e. The number of alkyl halides is 3. The number of benzene rings is 1. The van der Waals surface area contributed by atoms with Crippen LogP contribution in [0.15, 0.2) is 35.1 Å². The van der Waals surface area contributed by atoms with E-state index in [1.54, 1.807) is 24.4 Å². The maximum atomic E-state index is 13.4. The van der Waals surface area contributed by atoms with Crippen molar-refractivity contribution < 1.29 is 27.5 Å². The highest BCUT2D eigenvalue weighted by Crippen LogP contribution is 2.35. The van der Waals surface area contributed by atoms with Gasteiger partial charge in [0.05, 0.1) is 18.8 Å². The molecule has 1 atom stereocenters. The third kappa shape index (κ3) is 8.86. The lowest BCUT2D eigenvalue weighted by Crippen LogP contribution is -2.47. The molecule has 41 heavy (non-hydrogen) atoms. The lowest BCUT2D eigenvalue weighted by Gasteiger charge is -2.35.